The van der Waals surface area contributed by atoms with E-state index in [2.05, 4.69) is 5.32 Å². The summed E-state index contributed by atoms with van der Waals surface area (Å²) in [6.07, 6.45) is 1.86. The largest absolute Gasteiger partial charge is 0.497 e. The van der Waals surface area contributed by atoms with E-state index in [-0.39, 0.29) is 17.9 Å². The molecule has 1 aliphatic rings. The van der Waals surface area contributed by atoms with Crippen LogP contribution >= 0.6 is 11.3 Å². The minimum absolute atomic E-state index is 0.0530. The van der Waals surface area contributed by atoms with E-state index in [1.165, 1.54) is 11.3 Å². The molecule has 3 rings (SSSR count). The van der Waals surface area contributed by atoms with Crippen LogP contribution in [-0.4, -0.2) is 30.1 Å². The van der Waals surface area contributed by atoms with Gasteiger partial charge in [-0.1, -0.05) is 0 Å². The van der Waals surface area contributed by atoms with Gasteiger partial charge in [-0.2, -0.15) is 0 Å². The number of hydrogen-bond donors (Lipinski definition) is 2. The number of carbonyl (C=O) groups excluding carboxylic acids is 1. The number of carboxylic acid groups (broad SMARTS) is 1. The lowest BCUT2D eigenvalue weighted by Gasteiger charge is -2.12. The summed E-state index contributed by atoms with van der Waals surface area (Å²) < 4.78 is 6.28. The second-order valence-electron chi connectivity index (χ2n) is 5.94. The van der Waals surface area contributed by atoms with Gasteiger partial charge in [0, 0.05) is 10.7 Å². The fraction of sp³-hybridized carbons (Fsp3) is 0.412. The van der Waals surface area contributed by atoms with E-state index < -0.39 is 5.97 Å². The summed E-state index contributed by atoms with van der Waals surface area (Å²) in [5.41, 5.74) is 0.939. The van der Waals surface area contributed by atoms with Crippen molar-refractivity contribution in [3.63, 3.8) is 0 Å². The molecule has 2 atom stereocenters. The zero-order chi connectivity index (χ0) is 16.6. The maximum atomic E-state index is 12.5. The molecule has 5 nitrogen and oxygen atoms in total. The lowest BCUT2D eigenvalue weighted by Crippen LogP contribution is -2.33. The van der Waals surface area contributed by atoms with Crippen LogP contribution in [0.15, 0.2) is 18.2 Å². The van der Waals surface area contributed by atoms with Crippen LogP contribution in [0, 0.1) is 12.8 Å². The maximum Gasteiger partial charge on any atom is 0.306 e. The highest BCUT2D eigenvalue weighted by Crippen LogP contribution is 2.34. The predicted octanol–water partition coefficient (Wildman–Crippen LogP) is 3.20. The Morgan fingerprint density at radius 1 is 1.35 bits per heavy atom. The van der Waals surface area contributed by atoms with E-state index >= 15 is 0 Å². The van der Waals surface area contributed by atoms with Gasteiger partial charge in [-0.15, -0.1) is 11.3 Å². The van der Waals surface area contributed by atoms with Gasteiger partial charge < -0.3 is 15.2 Å². The maximum absolute atomic E-state index is 12.5. The molecule has 1 aromatic carbocycles. The number of fused-ring (bicyclic) bond motifs is 1. The van der Waals surface area contributed by atoms with Crippen LogP contribution in [0.3, 0.4) is 0 Å². The Kier molecular flexibility index (Phi) is 4.26. The molecule has 0 unspecified atom stereocenters. The summed E-state index contributed by atoms with van der Waals surface area (Å²) in [6, 6.07) is 5.73. The number of methoxy groups -OCH3 is 1. The van der Waals surface area contributed by atoms with Crippen LogP contribution in [0.1, 0.15) is 34.5 Å². The van der Waals surface area contributed by atoms with Crippen molar-refractivity contribution in [2.24, 2.45) is 5.92 Å². The van der Waals surface area contributed by atoms with Gasteiger partial charge in [0.25, 0.3) is 5.91 Å². The monoisotopic (exact) mass is 333 g/mol. The van der Waals surface area contributed by atoms with Gasteiger partial charge in [-0.25, -0.2) is 0 Å². The average Bonchev–Trinajstić information content (AvgIpc) is 3.12. The molecule has 0 radical (unpaired) electrons. The number of aliphatic carboxylic acids is 1. The molecule has 6 heteroatoms. The number of carboxylic acids is 1. The van der Waals surface area contributed by atoms with Crippen LogP contribution in [0.2, 0.25) is 0 Å². The van der Waals surface area contributed by atoms with Crippen LogP contribution in [-0.2, 0) is 4.79 Å². The third kappa shape index (κ3) is 3.03. The standard InChI is InChI=1S/C17H19NO4S/c1-9-13-8-12(22-2)5-6-14(13)23-15(9)16(19)18-11-4-3-10(7-11)17(20)21/h5-6,8,10-11H,3-4,7H2,1-2H3,(H,18,19)(H,20,21)/t10-,11+/m1/s1. The topological polar surface area (TPSA) is 75.6 Å². The number of benzene rings is 1. The molecular formula is C17H19NO4S. The van der Waals surface area contributed by atoms with Crippen molar-refractivity contribution in [3.05, 3.63) is 28.6 Å². The first-order valence-corrected chi connectivity index (χ1v) is 8.42. The first-order valence-electron chi connectivity index (χ1n) is 7.60. The predicted molar refractivity (Wildman–Crippen MR) is 89.3 cm³/mol. The van der Waals surface area contributed by atoms with Gasteiger partial charge in [-0.05, 0) is 55.3 Å². The van der Waals surface area contributed by atoms with Crippen molar-refractivity contribution in [3.8, 4) is 5.75 Å². The first kappa shape index (κ1) is 15.8. The second-order valence-corrected chi connectivity index (χ2v) is 6.99. The fourth-order valence-electron chi connectivity index (χ4n) is 3.13. The van der Waals surface area contributed by atoms with Crippen LogP contribution in [0.25, 0.3) is 10.1 Å². The number of hydrogen-bond acceptors (Lipinski definition) is 4. The minimum atomic E-state index is -0.771. The Morgan fingerprint density at radius 2 is 2.13 bits per heavy atom. The molecule has 122 valence electrons. The van der Waals surface area contributed by atoms with Gasteiger partial charge in [0.05, 0.1) is 17.9 Å². The summed E-state index contributed by atoms with van der Waals surface area (Å²) >= 11 is 1.46. The van der Waals surface area contributed by atoms with Crippen molar-refractivity contribution in [2.45, 2.75) is 32.2 Å². The molecule has 1 saturated carbocycles. The molecule has 0 spiro atoms. The number of thiophene rings is 1. The lowest BCUT2D eigenvalue weighted by molar-refractivity contribution is -0.141. The van der Waals surface area contributed by atoms with Crippen LogP contribution in [0.4, 0.5) is 0 Å². The van der Waals surface area contributed by atoms with Gasteiger partial charge in [-0.3, -0.25) is 9.59 Å². The Balaban J connectivity index is 1.79. The van der Waals surface area contributed by atoms with Crippen molar-refractivity contribution >= 4 is 33.3 Å². The Morgan fingerprint density at radius 3 is 2.78 bits per heavy atom. The molecule has 1 aromatic heterocycles. The highest BCUT2D eigenvalue weighted by molar-refractivity contribution is 7.21. The number of nitrogens with one attached hydrogen (secondary N) is 1. The van der Waals surface area contributed by atoms with Gasteiger partial charge >= 0.3 is 5.97 Å². The van der Waals surface area contributed by atoms with Crippen LogP contribution < -0.4 is 10.1 Å². The van der Waals surface area contributed by atoms with E-state index in [0.717, 1.165) is 27.8 Å². The minimum Gasteiger partial charge on any atom is -0.497 e. The number of rotatable bonds is 4. The molecule has 2 aromatic rings. The van der Waals surface area contributed by atoms with Crippen molar-refractivity contribution in [1.82, 2.24) is 5.32 Å². The highest BCUT2D eigenvalue weighted by Gasteiger charge is 2.31. The SMILES string of the molecule is COc1ccc2sc(C(=O)N[C@H]3CC[C@@H](C(=O)O)C3)c(C)c2c1. The fourth-order valence-corrected chi connectivity index (χ4v) is 4.22. The van der Waals surface area contributed by atoms with E-state index in [4.69, 9.17) is 9.84 Å². The van der Waals surface area contributed by atoms with E-state index in [1.807, 2.05) is 25.1 Å². The van der Waals surface area contributed by atoms with Crippen molar-refractivity contribution in [2.75, 3.05) is 7.11 Å². The molecular weight excluding hydrogens is 314 g/mol. The first-order chi connectivity index (χ1) is 11.0. The molecule has 1 heterocycles. The molecule has 1 aliphatic carbocycles. The average molecular weight is 333 g/mol. The third-order valence-corrected chi connectivity index (χ3v) is 5.74. The Bertz CT molecular complexity index is 767. The Hall–Kier alpha value is -2.08. The molecule has 23 heavy (non-hydrogen) atoms. The van der Waals surface area contributed by atoms with E-state index in [1.54, 1.807) is 7.11 Å². The molecule has 0 aliphatic heterocycles. The summed E-state index contributed by atoms with van der Waals surface area (Å²) in [7, 11) is 1.62. The summed E-state index contributed by atoms with van der Waals surface area (Å²) in [4.78, 5) is 24.2. The van der Waals surface area contributed by atoms with Crippen molar-refractivity contribution < 1.29 is 19.4 Å². The highest BCUT2D eigenvalue weighted by atomic mass is 32.1. The van der Waals surface area contributed by atoms with E-state index in [9.17, 15) is 9.59 Å². The molecule has 0 bridgehead atoms. The van der Waals surface area contributed by atoms with Crippen LogP contribution in [0.5, 0.6) is 5.75 Å². The molecule has 0 saturated heterocycles. The van der Waals surface area contributed by atoms with E-state index in [0.29, 0.717) is 17.7 Å². The number of aryl methyl sites for hydroxylation is 1. The molecule has 1 amide bonds. The Labute approximate surface area is 138 Å². The van der Waals surface area contributed by atoms with Gasteiger partial charge in [0.1, 0.15) is 5.75 Å². The quantitative estimate of drug-likeness (QED) is 0.901. The van der Waals surface area contributed by atoms with Gasteiger partial charge in [0.2, 0.25) is 0 Å². The normalized spacial score (nSPS) is 20.6. The smallest absolute Gasteiger partial charge is 0.306 e. The molecule has 2 N–H and O–H groups in total. The molecule has 1 fully saturated rings. The summed E-state index contributed by atoms with van der Waals surface area (Å²) in [5, 5.41) is 13.1. The summed E-state index contributed by atoms with van der Waals surface area (Å²) in [6.45, 7) is 1.93. The second kappa shape index (κ2) is 6.20. The number of ether oxygens (including phenoxy) is 1. The summed E-state index contributed by atoms with van der Waals surface area (Å²) in [5.74, 6) is -0.455. The zero-order valence-electron chi connectivity index (χ0n) is 13.1. The number of amides is 1. The van der Waals surface area contributed by atoms with Gasteiger partial charge in [0.15, 0.2) is 0 Å². The van der Waals surface area contributed by atoms with Crippen molar-refractivity contribution in [1.29, 1.82) is 0 Å². The lowest BCUT2D eigenvalue weighted by atomic mass is 10.1. The third-order valence-electron chi connectivity index (χ3n) is 4.47. The number of carbonyl (C=O) groups is 2. The zero-order valence-corrected chi connectivity index (χ0v) is 13.9.